The van der Waals surface area contributed by atoms with E-state index in [2.05, 4.69) is 15.9 Å². The van der Waals surface area contributed by atoms with E-state index in [1.165, 1.54) is 12.3 Å². The lowest BCUT2D eigenvalue weighted by atomic mass is 10.1. The van der Waals surface area contributed by atoms with Crippen LogP contribution in [-0.4, -0.2) is 12.5 Å². The molecule has 0 saturated carbocycles. The van der Waals surface area contributed by atoms with Crippen LogP contribution < -0.4 is 4.90 Å². The summed E-state index contributed by atoms with van der Waals surface area (Å²) in [7, 11) is 0. The lowest BCUT2D eigenvalue weighted by Gasteiger charge is -2.16. The molecule has 0 spiro atoms. The number of furan rings is 1. The summed E-state index contributed by atoms with van der Waals surface area (Å²) in [4.78, 5) is 13.8. The average Bonchev–Trinajstić information content (AvgIpc) is 2.95. The molecule has 18 heavy (non-hydrogen) atoms. The van der Waals surface area contributed by atoms with Gasteiger partial charge < -0.3 is 9.32 Å². The average molecular weight is 310 g/mol. The van der Waals surface area contributed by atoms with E-state index in [4.69, 9.17) is 4.42 Å². The molecule has 3 rings (SSSR count). The van der Waals surface area contributed by atoms with Crippen LogP contribution in [0.3, 0.4) is 0 Å². The Labute approximate surface area is 111 Å². The third-order valence-electron chi connectivity index (χ3n) is 3.03. The fourth-order valence-corrected chi connectivity index (χ4v) is 2.52. The number of hydrogen-bond acceptors (Lipinski definition) is 2. The van der Waals surface area contributed by atoms with Crippen LogP contribution >= 0.6 is 15.9 Å². The van der Waals surface area contributed by atoms with E-state index in [-0.39, 0.29) is 11.7 Å². The second kappa shape index (κ2) is 4.24. The van der Waals surface area contributed by atoms with Gasteiger partial charge in [-0.1, -0.05) is 6.07 Å². The highest BCUT2D eigenvalue weighted by Crippen LogP contribution is 2.31. The lowest BCUT2D eigenvalue weighted by Crippen LogP contribution is -2.28. The van der Waals surface area contributed by atoms with Gasteiger partial charge in [-0.15, -0.1) is 0 Å². The normalized spacial score (nSPS) is 13.8. The fraction of sp³-hybridized carbons (Fsp3) is 0.154. The highest BCUT2D eigenvalue weighted by Gasteiger charge is 2.28. The maximum Gasteiger partial charge on any atom is 0.261 e. The van der Waals surface area contributed by atoms with Crippen LogP contribution in [0, 0.1) is 5.82 Å². The van der Waals surface area contributed by atoms with Crippen molar-refractivity contribution in [1.29, 1.82) is 0 Å². The van der Waals surface area contributed by atoms with Crippen molar-refractivity contribution in [3.63, 3.8) is 0 Å². The van der Waals surface area contributed by atoms with Gasteiger partial charge in [-0.3, -0.25) is 4.79 Å². The Balaban J connectivity index is 1.97. The molecule has 1 aromatic heterocycles. The molecular formula is C13H9BrFNO2. The Hall–Kier alpha value is -1.62. The van der Waals surface area contributed by atoms with Crippen molar-refractivity contribution < 1.29 is 13.6 Å². The number of rotatable bonds is 1. The van der Waals surface area contributed by atoms with Gasteiger partial charge in [0.05, 0.1) is 11.3 Å². The summed E-state index contributed by atoms with van der Waals surface area (Å²) in [5.74, 6) is -0.426. The molecule has 1 aliphatic rings. The summed E-state index contributed by atoms with van der Waals surface area (Å²) in [5.41, 5.74) is 1.71. The smallest absolute Gasteiger partial charge is 0.261 e. The van der Waals surface area contributed by atoms with Gasteiger partial charge in [0.1, 0.15) is 12.1 Å². The molecule has 0 radical (unpaired) electrons. The first-order valence-electron chi connectivity index (χ1n) is 5.50. The zero-order valence-electron chi connectivity index (χ0n) is 9.32. The van der Waals surface area contributed by atoms with Crippen LogP contribution in [0.15, 0.2) is 39.6 Å². The standard InChI is InChI=1S/C13H9BrFNO2/c14-12-6-8(7-18-12)13(17)16-5-4-9-10(15)2-1-3-11(9)16/h1-3,6-7H,4-5H2. The highest BCUT2D eigenvalue weighted by molar-refractivity contribution is 9.10. The Bertz CT molecular complexity index is 623. The van der Waals surface area contributed by atoms with Crippen LogP contribution in [0.4, 0.5) is 10.1 Å². The van der Waals surface area contributed by atoms with Crippen molar-refractivity contribution in [3.05, 3.63) is 52.1 Å². The van der Waals surface area contributed by atoms with Crippen LogP contribution in [0.2, 0.25) is 0 Å². The maximum absolute atomic E-state index is 13.6. The lowest BCUT2D eigenvalue weighted by molar-refractivity contribution is 0.0989. The summed E-state index contributed by atoms with van der Waals surface area (Å²) in [5, 5.41) is 0. The van der Waals surface area contributed by atoms with Crippen molar-refractivity contribution in [2.24, 2.45) is 0 Å². The Morgan fingerprint density at radius 3 is 3.00 bits per heavy atom. The van der Waals surface area contributed by atoms with Gasteiger partial charge in [0.15, 0.2) is 4.67 Å². The monoisotopic (exact) mass is 309 g/mol. The van der Waals surface area contributed by atoms with Gasteiger partial charge in [0.25, 0.3) is 5.91 Å². The number of amides is 1. The molecule has 0 unspecified atom stereocenters. The molecule has 2 aromatic rings. The molecule has 0 aliphatic carbocycles. The topological polar surface area (TPSA) is 33.5 Å². The molecule has 1 amide bonds. The third-order valence-corrected chi connectivity index (χ3v) is 3.45. The molecule has 0 atom stereocenters. The summed E-state index contributed by atoms with van der Waals surface area (Å²) in [6.45, 7) is 0.498. The second-order valence-corrected chi connectivity index (χ2v) is 4.87. The van der Waals surface area contributed by atoms with Gasteiger partial charge in [-0.2, -0.15) is 0 Å². The zero-order chi connectivity index (χ0) is 12.7. The molecule has 0 N–H and O–H groups in total. The molecule has 0 bridgehead atoms. The van der Waals surface area contributed by atoms with Crippen molar-refractivity contribution >= 4 is 27.5 Å². The molecule has 92 valence electrons. The number of halogens is 2. The van der Waals surface area contributed by atoms with Gasteiger partial charge >= 0.3 is 0 Å². The number of carbonyl (C=O) groups excluding carboxylic acids is 1. The Morgan fingerprint density at radius 1 is 1.44 bits per heavy atom. The molecule has 2 heterocycles. The van der Waals surface area contributed by atoms with Crippen LogP contribution in [0.5, 0.6) is 0 Å². The molecule has 0 fully saturated rings. The van der Waals surface area contributed by atoms with E-state index in [1.54, 1.807) is 23.1 Å². The molecule has 3 nitrogen and oxygen atoms in total. The number of carbonyl (C=O) groups is 1. The summed E-state index contributed by atoms with van der Waals surface area (Å²) in [6, 6.07) is 6.41. The molecule has 5 heteroatoms. The van der Waals surface area contributed by atoms with Crippen LogP contribution in [0.25, 0.3) is 0 Å². The third kappa shape index (κ3) is 1.75. The molecule has 1 aliphatic heterocycles. The minimum absolute atomic E-state index is 0.172. The van der Waals surface area contributed by atoms with E-state index in [1.807, 2.05) is 0 Å². The minimum Gasteiger partial charge on any atom is -0.457 e. The van der Waals surface area contributed by atoms with Crippen LogP contribution in [0.1, 0.15) is 15.9 Å². The molecule has 1 aromatic carbocycles. The predicted molar refractivity (Wildman–Crippen MR) is 68.2 cm³/mol. The summed E-state index contributed by atoms with van der Waals surface area (Å²) >= 11 is 3.15. The van der Waals surface area contributed by atoms with Gasteiger partial charge in [0.2, 0.25) is 0 Å². The first-order chi connectivity index (χ1) is 8.66. The quantitative estimate of drug-likeness (QED) is 0.809. The zero-order valence-corrected chi connectivity index (χ0v) is 10.9. The number of anilines is 1. The van der Waals surface area contributed by atoms with E-state index < -0.39 is 0 Å². The van der Waals surface area contributed by atoms with Crippen molar-refractivity contribution in [1.82, 2.24) is 0 Å². The van der Waals surface area contributed by atoms with Gasteiger partial charge in [-0.25, -0.2) is 4.39 Å². The number of nitrogens with zero attached hydrogens (tertiary/aromatic N) is 1. The van der Waals surface area contributed by atoms with E-state index in [0.29, 0.717) is 34.4 Å². The van der Waals surface area contributed by atoms with Crippen molar-refractivity contribution in [3.8, 4) is 0 Å². The van der Waals surface area contributed by atoms with Gasteiger partial charge in [0, 0.05) is 18.2 Å². The van der Waals surface area contributed by atoms with Crippen molar-refractivity contribution in [2.45, 2.75) is 6.42 Å². The van der Waals surface area contributed by atoms with E-state index in [9.17, 15) is 9.18 Å². The van der Waals surface area contributed by atoms with E-state index >= 15 is 0 Å². The number of hydrogen-bond donors (Lipinski definition) is 0. The summed E-state index contributed by atoms with van der Waals surface area (Å²) < 4.78 is 19.1. The largest absolute Gasteiger partial charge is 0.457 e. The highest BCUT2D eigenvalue weighted by atomic mass is 79.9. The second-order valence-electron chi connectivity index (χ2n) is 4.08. The SMILES string of the molecule is O=C(c1coc(Br)c1)N1CCc2c(F)cccc21. The number of benzene rings is 1. The maximum atomic E-state index is 13.6. The van der Waals surface area contributed by atoms with Gasteiger partial charge in [-0.05, 0) is 34.5 Å². The Kier molecular flexibility index (Phi) is 2.70. The van der Waals surface area contributed by atoms with Crippen LogP contribution in [-0.2, 0) is 6.42 Å². The van der Waals surface area contributed by atoms with Crippen molar-refractivity contribution in [2.75, 3.05) is 11.4 Å². The molecule has 0 saturated heterocycles. The minimum atomic E-state index is -0.254. The van der Waals surface area contributed by atoms with E-state index in [0.717, 1.165) is 0 Å². The molecular weight excluding hydrogens is 301 g/mol. The first-order valence-corrected chi connectivity index (χ1v) is 6.29. The summed E-state index contributed by atoms with van der Waals surface area (Å²) in [6.07, 6.45) is 1.94. The fourth-order valence-electron chi connectivity index (χ4n) is 2.18. The number of fused-ring (bicyclic) bond motifs is 1. The predicted octanol–water partition coefficient (Wildman–Crippen LogP) is 3.38. The Morgan fingerprint density at radius 2 is 2.28 bits per heavy atom. The first kappa shape index (κ1) is 11.5.